The third kappa shape index (κ3) is 2.82. The van der Waals surface area contributed by atoms with Gasteiger partial charge in [0.1, 0.15) is 30.7 Å². The molecule has 27 heavy (non-hydrogen) atoms. The standard InChI is InChI=1S/C18H13BClN3O4/c1-7-2-5-11(27-7)17(19)23-14-13(15(24)16(14)25)22-10-4-3-9(20)8-6-21-18(26)12(8)10/h2-5,17,22-23H,6H2,1H3,(H,21,26). The number of furan rings is 1. The topological polar surface area (TPSA) is 100 Å². The lowest BCUT2D eigenvalue weighted by atomic mass is 9.93. The van der Waals surface area contributed by atoms with Gasteiger partial charge in [0.25, 0.3) is 16.8 Å². The van der Waals surface area contributed by atoms with Gasteiger partial charge in [-0.1, -0.05) is 11.6 Å². The van der Waals surface area contributed by atoms with Crippen molar-refractivity contribution in [2.24, 2.45) is 0 Å². The highest BCUT2D eigenvalue weighted by molar-refractivity contribution is 6.32. The summed E-state index contributed by atoms with van der Waals surface area (Å²) in [5.41, 5.74) is 0.0948. The molecular formula is C18H13BClN3O4. The van der Waals surface area contributed by atoms with Crippen molar-refractivity contribution in [1.82, 2.24) is 5.32 Å². The fourth-order valence-electron chi connectivity index (χ4n) is 3.05. The van der Waals surface area contributed by atoms with Gasteiger partial charge in [0.2, 0.25) is 0 Å². The predicted octanol–water partition coefficient (Wildman–Crippen LogP) is 2.10. The summed E-state index contributed by atoms with van der Waals surface area (Å²) in [7, 11) is 6.00. The third-order valence-corrected chi connectivity index (χ3v) is 4.80. The Morgan fingerprint density at radius 1 is 1.15 bits per heavy atom. The van der Waals surface area contributed by atoms with Crippen LogP contribution < -0.4 is 26.8 Å². The molecule has 2 heterocycles. The normalized spacial score (nSPS) is 14.1. The number of benzene rings is 1. The van der Waals surface area contributed by atoms with E-state index in [-0.39, 0.29) is 17.3 Å². The number of hydrogen-bond donors (Lipinski definition) is 3. The molecule has 1 aliphatic rings. The van der Waals surface area contributed by atoms with Gasteiger partial charge < -0.3 is 20.4 Å². The van der Waals surface area contributed by atoms with Gasteiger partial charge in [-0.25, -0.2) is 0 Å². The lowest BCUT2D eigenvalue weighted by Crippen LogP contribution is -2.37. The largest absolute Gasteiger partial charge is 0.465 e. The first-order valence-electron chi connectivity index (χ1n) is 8.15. The van der Waals surface area contributed by atoms with Gasteiger partial charge in [-0.3, -0.25) is 14.4 Å². The van der Waals surface area contributed by atoms with Crippen LogP contribution in [-0.4, -0.2) is 13.8 Å². The number of carbonyl (C=O) groups is 1. The van der Waals surface area contributed by atoms with Crippen molar-refractivity contribution in [3.05, 3.63) is 72.4 Å². The molecule has 0 saturated heterocycles. The highest BCUT2D eigenvalue weighted by Crippen LogP contribution is 2.33. The van der Waals surface area contributed by atoms with E-state index in [9.17, 15) is 14.4 Å². The Balaban J connectivity index is 1.65. The molecule has 1 aromatic heterocycles. The van der Waals surface area contributed by atoms with Crippen LogP contribution in [0, 0.1) is 6.92 Å². The van der Waals surface area contributed by atoms with E-state index >= 15 is 0 Å². The molecule has 2 radical (unpaired) electrons. The highest BCUT2D eigenvalue weighted by atomic mass is 35.5. The van der Waals surface area contributed by atoms with Crippen LogP contribution in [0.5, 0.6) is 0 Å². The molecule has 9 heteroatoms. The molecule has 3 aromatic rings. The Kier molecular flexibility index (Phi) is 4.07. The first kappa shape index (κ1) is 17.4. The van der Waals surface area contributed by atoms with E-state index in [4.69, 9.17) is 23.9 Å². The second-order valence-corrected chi connectivity index (χ2v) is 6.64. The van der Waals surface area contributed by atoms with Gasteiger partial charge >= 0.3 is 0 Å². The molecule has 0 fully saturated rings. The maximum atomic E-state index is 12.1. The summed E-state index contributed by atoms with van der Waals surface area (Å²) in [6.45, 7) is 2.08. The van der Waals surface area contributed by atoms with E-state index in [1.165, 1.54) is 0 Å². The van der Waals surface area contributed by atoms with Crippen molar-refractivity contribution in [3.8, 4) is 0 Å². The predicted molar refractivity (Wildman–Crippen MR) is 103 cm³/mol. The molecule has 1 atom stereocenters. The second-order valence-electron chi connectivity index (χ2n) is 6.23. The van der Waals surface area contributed by atoms with Crippen LogP contribution in [0.25, 0.3) is 0 Å². The van der Waals surface area contributed by atoms with Gasteiger partial charge in [0.15, 0.2) is 0 Å². The van der Waals surface area contributed by atoms with Gasteiger partial charge in [0.05, 0.1) is 11.3 Å². The number of fused-ring (bicyclic) bond motifs is 1. The smallest absolute Gasteiger partial charge is 0.254 e. The molecule has 0 saturated carbocycles. The van der Waals surface area contributed by atoms with Crippen LogP contribution >= 0.6 is 11.6 Å². The quantitative estimate of drug-likeness (QED) is 0.462. The number of rotatable bonds is 5. The first-order chi connectivity index (χ1) is 12.9. The molecule has 134 valence electrons. The van der Waals surface area contributed by atoms with Crippen LogP contribution in [0.2, 0.25) is 5.02 Å². The molecule has 1 unspecified atom stereocenters. The zero-order valence-electron chi connectivity index (χ0n) is 14.2. The summed E-state index contributed by atoms with van der Waals surface area (Å²) in [5, 5.41) is 8.80. The number of anilines is 3. The number of aryl methyl sites for hydroxylation is 1. The number of halogens is 1. The van der Waals surface area contributed by atoms with Crippen molar-refractivity contribution in [3.63, 3.8) is 0 Å². The van der Waals surface area contributed by atoms with Crippen molar-refractivity contribution in [2.75, 3.05) is 10.6 Å². The molecular weight excluding hydrogens is 368 g/mol. The van der Waals surface area contributed by atoms with Crippen molar-refractivity contribution < 1.29 is 9.21 Å². The van der Waals surface area contributed by atoms with Gasteiger partial charge in [-0.2, -0.15) is 0 Å². The Bertz CT molecular complexity index is 1150. The number of carbonyl (C=O) groups excluding carboxylic acids is 1. The van der Waals surface area contributed by atoms with E-state index in [0.29, 0.717) is 39.9 Å². The minimum atomic E-state index is -0.804. The minimum absolute atomic E-state index is 0.0444. The summed E-state index contributed by atoms with van der Waals surface area (Å²) in [6, 6.07) is 6.64. The maximum absolute atomic E-state index is 12.1. The molecule has 1 amide bonds. The van der Waals surface area contributed by atoms with E-state index in [1.807, 2.05) is 0 Å². The molecule has 4 rings (SSSR count). The monoisotopic (exact) mass is 381 g/mol. The molecule has 2 aromatic carbocycles. The van der Waals surface area contributed by atoms with E-state index < -0.39 is 16.8 Å². The number of nitrogens with one attached hydrogen (secondary N) is 3. The van der Waals surface area contributed by atoms with Crippen LogP contribution in [0.15, 0.2) is 38.3 Å². The molecule has 0 aliphatic carbocycles. The summed E-state index contributed by atoms with van der Waals surface area (Å²) < 4.78 is 5.42. The van der Waals surface area contributed by atoms with Gasteiger partial charge in [-0.15, -0.1) is 0 Å². The Labute approximate surface area is 159 Å². The van der Waals surface area contributed by atoms with Gasteiger partial charge in [0, 0.05) is 23.1 Å². The fourth-order valence-corrected chi connectivity index (χ4v) is 3.27. The molecule has 3 N–H and O–H groups in total. The molecule has 0 bridgehead atoms. The molecule has 7 nitrogen and oxygen atoms in total. The molecule has 0 spiro atoms. The summed E-state index contributed by atoms with van der Waals surface area (Å²) in [4.78, 5) is 36.1. The summed E-state index contributed by atoms with van der Waals surface area (Å²) >= 11 is 6.12. The Morgan fingerprint density at radius 2 is 1.89 bits per heavy atom. The average molecular weight is 382 g/mol. The van der Waals surface area contributed by atoms with Crippen LogP contribution in [0.3, 0.4) is 0 Å². The SMILES string of the molecule is [B]C(Nc1c(Nc2ccc(Cl)c3c2C(=O)NC3)c(=O)c1=O)c1ccc(C)o1. The third-order valence-electron chi connectivity index (χ3n) is 4.45. The van der Waals surface area contributed by atoms with Crippen LogP contribution in [0.1, 0.15) is 33.4 Å². The lowest BCUT2D eigenvalue weighted by Gasteiger charge is -2.19. The van der Waals surface area contributed by atoms with Crippen LogP contribution in [0.4, 0.5) is 17.1 Å². The zero-order chi connectivity index (χ0) is 19.3. The second kappa shape index (κ2) is 6.31. The zero-order valence-corrected chi connectivity index (χ0v) is 14.9. The van der Waals surface area contributed by atoms with Crippen molar-refractivity contribution in [1.29, 1.82) is 0 Å². The average Bonchev–Trinajstić information content (AvgIpc) is 3.26. The lowest BCUT2D eigenvalue weighted by molar-refractivity contribution is 0.0966. The molecule has 1 aliphatic heterocycles. The number of hydrogen-bond acceptors (Lipinski definition) is 6. The fraction of sp³-hybridized carbons (Fsp3) is 0.167. The van der Waals surface area contributed by atoms with E-state index in [0.717, 1.165) is 0 Å². The van der Waals surface area contributed by atoms with Crippen molar-refractivity contribution >= 4 is 42.4 Å². The van der Waals surface area contributed by atoms with Crippen LogP contribution in [-0.2, 0) is 6.54 Å². The first-order valence-corrected chi connectivity index (χ1v) is 8.53. The van der Waals surface area contributed by atoms with E-state index in [2.05, 4.69) is 16.0 Å². The summed E-state index contributed by atoms with van der Waals surface area (Å²) in [5.74, 6) is -0.000608. The Hall–Kier alpha value is -3.00. The highest BCUT2D eigenvalue weighted by Gasteiger charge is 2.28. The maximum Gasteiger partial charge on any atom is 0.254 e. The number of amides is 1. The van der Waals surface area contributed by atoms with E-state index in [1.54, 1.807) is 31.2 Å². The Morgan fingerprint density at radius 3 is 2.59 bits per heavy atom. The summed E-state index contributed by atoms with van der Waals surface area (Å²) in [6.07, 6.45) is 0. The van der Waals surface area contributed by atoms with Gasteiger partial charge in [-0.05, 0) is 31.2 Å². The minimum Gasteiger partial charge on any atom is -0.465 e. The van der Waals surface area contributed by atoms with Crippen molar-refractivity contribution in [2.45, 2.75) is 19.4 Å².